The quantitative estimate of drug-likeness (QED) is 0.542. The average Bonchev–Trinajstić information content (AvgIpc) is 3.10. The molecule has 1 aliphatic heterocycles. The van der Waals surface area contributed by atoms with Gasteiger partial charge in [0.05, 0.1) is 6.61 Å². The molecule has 0 saturated carbocycles. The minimum atomic E-state index is -1.04. The van der Waals surface area contributed by atoms with Crippen LogP contribution in [-0.2, 0) is 27.4 Å². The Morgan fingerprint density at radius 2 is 1.83 bits per heavy atom. The Balaban J connectivity index is 1.79. The van der Waals surface area contributed by atoms with Crippen LogP contribution in [0.4, 0.5) is 0 Å². The molecule has 0 aliphatic carbocycles. The number of hydrogen-bond acceptors (Lipinski definition) is 5. The van der Waals surface area contributed by atoms with Gasteiger partial charge in [0.2, 0.25) is 0 Å². The van der Waals surface area contributed by atoms with Crippen molar-refractivity contribution in [3.63, 3.8) is 0 Å². The lowest BCUT2D eigenvalue weighted by molar-refractivity contribution is -0.148. The summed E-state index contributed by atoms with van der Waals surface area (Å²) in [5.41, 5.74) is 3.61. The zero-order valence-corrected chi connectivity index (χ0v) is 17.8. The molecule has 0 saturated heterocycles. The van der Waals surface area contributed by atoms with Gasteiger partial charge in [-0.3, -0.25) is 4.79 Å². The highest BCUT2D eigenvalue weighted by molar-refractivity contribution is 6.62. The average molecular weight is 409 g/mol. The first-order chi connectivity index (χ1) is 14.3. The van der Waals surface area contributed by atoms with Crippen LogP contribution in [0.15, 0.2) is 42.5 Å². The highest BCUT2D eigenvalue weighted by Gasteiger charge is 2.34. The number of esters is 1. The van der Waals surface area contributed by atoms with E-state index in [0.717, 1.165) is 16.7 Å². The fourth-order valence-corrected chi connectivity index (χ4v) is 3.71. The maximum atomic E-state index is 13.1. The van der Waals surface area contributed by atoms with E-state index in [-0.39, 0.29) is 24.3 Å². The van der Waals surface area contributed by atoms with E-state index in [1.54, 1.807) is 12.1 Å². The van der Waals surface area contributed by atoms with Gasteiger partial charge in [-0.15, -0.1) is 0 Å². The summed E-state index contributed by atoms with van der Waals surface area (Å²) in [4.78, 5) is 25.8. The second kappa shape index (κ2) is 9.45. The van der Waals surface area contributed by atoms with Crippen molar-refractivity contribution in [1.82, 2.24) is 5.32 Å². The standard InChI is InChI=1S/C23H28BNO5/c1-14(2)19-18(11-10-17-13-30-24(28)20(17)19)22(26)25-21(15(3)4)23(27)29-12-16-8-6-5-7-9-16/h5-11,14-15,21,28H,12-13H2,1-4H3,(H,25,26)/t21-/m0/s1. The Kier molecular flexibility index (Phi) is 6.95. The first-order valence-electron chi connectivity index (χ1n) is 10.3. The van der Waals surface area contributed by atoms with Crippen LogP contribution in [0.3, 0.4) is 0 Å². The molecule has 0 radical (unpaired) electrons. The summed E-state index contributed by atoms with van der Waals surface area (Å²) in [6, 6.07) is 12.2. The van der Waals surface area contributed by atoms with Crippen LogP contribution in [0.25, 0.3) is 0 Å². The van der Waals surface area contributed by atoms with Crippen LogP contribution in [-0.4, -0.2) is 30.1 Å². The summed E-state index contributed by atoms with van der Waals surface area (Å²) in [6.07, 6.45) is 0. The summed E-state index contributed by atoms with van der Waals surface area (Å²) in [5, 5.41) is 13.1. The van der Waals surface area contributed by atoms with Crippen molar-refractivity contribution < 1.29 is 24.0 Å². The van der Waals surface area contributed by atoms with Gasteiger partial charge in [0.15, 0.2) is 0 Å². The Bertz CT molecular complexity index is 913. The van der Waals surface area contributed by atoms with Gasteiger partial charge in [0, 0.05) is 5.56 Å². The van der Waals surface area contributed by atoms with Gasteiger partial charge >= 0.3 is 13.1 Å². The number of hydrogen-bond donors (Lipinski definition) is 2. The summed E-state index contributed by atoms with van der Waals surface area (Å²) in [5.74, 6) is -0.989. The largest absolute Gasteiger partial charge is 0.492 e. The molecule has 158 valence electrons. The molecule has 30 heavy (non-hydrogen) atoms. The van der Waals surface area contributed by atoms with Crippen LogP contribution in [0.1, 0.15) is 60.7 Å². The van der Waals surface area contributed by atoms with Crippen molar-refractivity contribution >= 4 is 24.5 Å². The molecule has 1 atom stereocenters. The van der Waals surface area contributed by atoms with Crippen molar-refractivity contribution in [3.05, 3.63) is 64.7 Å². The summed E-state index contributed by atoms with van der Waals surface area (Å²) >= 11 is 0. The van der Waals surface area contributed by atoms with Crippen molar-refractivity contribution in [1.29, 1.82) is 0 Å². The minimum Gasteiger partial charge on any atom is -0.459 e. The lowest BCUT2D eigenvalue weighted by atomic mass is 9.72. The third kappa shape index (κ3) is 4.74. The number of carbonyl (C=O) groups is 2. The lowest BCUT2D eigenvalue weighted by Crippen LogP contribution is -2.46. The number of amides is 1. The summed E-state index contributed by atoms with van der Waals surface area (Å²) < 4.78 is 10.8. The number of fused-ring (bicyclic) bond motifs is 1. The van der Waals surface area contributed by atoms with E-state index >= 15 is 0 Å². The number of carbonyl (C=O) groups excluding carboxylic acids is 2. The van der Waals surface area contributed by atoms with Gasteiger partial charge in [-0.2, -0.15) is 0 Å². The van der Waals surface area contributed by atoms with E-state index in [1.807, 2.05) is 58.0 Å². The highest BCUT2D eigenvalue weighted by Crippen LogP contribution is 2.24. The van der Waals surface area contributed by atoms with Gasteiger partial charge < -0.3 is 19.7 Å². The fraction of sp³-hybridized carbons (Fsp3) is 0.391. The van der Waals surface area contributed by atoms with Crippen LogP contribution >= 0.6 is 0 Å². The highest BCUT2D eigenvalue weighted by atomic mass is 16.5. The molecule has 7 heteroatoms. The fourth-order valence-electron chi connectivity index (χ4n) is 3.71. The molecule has 1 amide bonds. The maximum Gasteiger partial charge on any atom is 0.492 e. The van der Waals surface area contributed by atoms with Crippen molar-refractivity contribution in [3.8, 4) is 0 Å². The van der Waals surface area contributed by atoms with Crippen molar-refractivity contribution in [2.75, 3.05) is 0 Å². The van der Waals surface area contributed by atoms with E-state index < -0.39 is 19.1 Å². The van der Waals surface area contributed by atoms with E-state index in [4.69, 9.17) is 9.39 Å². The van der Waals surface area contributed by atoms with Crippen LogP contribution in [0.2, 0.25) is 0 Å². The molecule has 1 aliphatic rings. The third-order valence-corrected chi connectivity index (χ3v) is 5.27. The molecule has 2 aromatic carbocycles. The summed E-state index contributed by atoms with van der Waals surface area (Å²) in [6.45, 7) is 8.12. The van der Waals surface area contributed by atoms with Crippen molar-refractivity contribution in [2.45, 2.75) is 52.9 Å². The molecule has 6 nitrogen and oxygen atoms in total. The van der Waals surface area contributed by atoms with E-state index in [2.05, 4.69) is 5.32 Å². The number of nitrogens with one attached hydrogen (secondary N) is 1. The Hall–Kier alpha value is -2.64. The molecular formula is C23H28BNO5. The monoisotopic (exact) mass is 409 g/mol. The van der Waals surface area contributed by atoms with E-state index in [9.17, 15) is 14.6 Å². The van der Waals surface area contributed by atoms with Gasteiger partial charge in [0.1, 0.15) is 12.6 Å². The zero-order chi connectivity index (χ0) is 21.8. The van der Waals surface area contributed by atoms with Crippen molar-refractivity contribution in [2.24, 2.45) is 5.92 Å². The first-order valence-corrected chi connectivity index (χ1v) is 10.3. The molecule has 2 N–H and O–H groups in total. The topological polar surface area (TPSA) is 84.9 Å². The molecule has 2 aromatic rings. The molecule has 1 heterocycles. The summed E-state index contributed by atoms with van der Waals surface area (Å²) in [7, 11) is -1.04. The molecule has 3 rings (SSSR count). The molecule has 0 spiro atoms. The predicted octanol–water partition coefficient (Wildman–Crippen LogP) is 2.53. The predicted molar refractivity (Wildman–Crippen MR) is 115 cm³/mol. The third-order valence-electron chi connectivity index (χ3n) is 5.27. The Labute approximate surface area is 177 Å². The zero-order valence-electron chi connectivity index (χ0n) is 17.8. The van der Waals surface area contributed by atoms with Crippen LogP contribution in [0, 0.1) is 5.92 Å². The van der Waals surface area contributed by atoms with Gasteiger partial charge in [0.25, 0.3) is 5.91 Å². The molecular weight excluding hydrogens is 381 g/mol. The minimum absolute atomic E-state index is 0.000387. The maximum absolute atomic E-state index is 13.1. The number of benzene rings is 2. The first kappa shape index (κ1) is 22.1. The molecule has 0 aromatic heterocycles. The van der Waals surface area contributed by atoms with Gasteiger partial charge in [-0.25, -0.2) is 4.79 Å². The lowest BCUT2D eigenvalue weighted by Gasteiger charge is -2.23. The van der Waals surface area contributed by atoms with Gasteiger partial charge in [-0.1, -0.05) is 64.1 Å². The molecule has 0 fully saturated rings. The van der Waals surface area contributed by atoms with E-state index in [1.165, 1.54) is 0 Å². The van der Waals surface area contributed by atoms with Gasteiger partial charge in [-0.05, 0) is 40.1 Å². The Morgan fingerprint density at radius 1 is 1.13 bits per heavy atom. The number of ether oxygens (including phenoxy) is 1. The SMILES string of the molecule is CC(C)c1c(C(=O)N[C@H](C(=O)OCc2ccccc2)C(C)C)ccc2c1B(O)OC2. The second-order valence-electron chi connectivity index (χ2n) is 8.21. The second-order valence-corrected chi connectivity index (χ2v) is 8.21. The van der Waals surface area contributed by atoms with E-state index in [0.29, 0.717) is 17.6 Å². The normalized spacial score (nSPS) is 14.0. The van der Waals surface area contributed by atoms with Crippen LogP contribution < -0.4 is 10.8 Å². The molecule has 0 bridgehead atoms. The Morgan fingerprint density at radius 3 is 2.47 bits per heavy atom. The smallest absolute Gasteiger partial charge is 0.459 e. The van der Waals surface area contributed by atoms with Crippen LogP contribution in [0.5, 0.6) is 0 Å². The number of rotatable bonds is 7. The molecule has 0 unspecified atom stereocenters.